The molecule has 0 unspecified atom stereocenters. The minimum Gasteiger partial charge on any atom is -0.349 e. The number of nitrogens with one attached hydrogen (secondary N) is 2. The van der Waals surface area contributed by atoms with Crippen molar-refractivity contribution in [3.63, 3.8) is 0 Å². The van der Waals surface area contributed by atoms with Gasteiger partial charge in [0.1, 0.15) is 0 Å². The lowest BCUT2D eigenvalue weighted by Crippen LogP contribution is -2.41. The van der Waals surface area contributed by atoms with Crippen LogP contribution < -0.4 is 10.0 Å². The van der Waals surface area contributed by atoms with Gasteiger partial charge in [-0.1, -0.05) is 11.6 Å². The van der Waals surface area contributed by atoms with Gasteiger partial charge in [0, 0.05) is 22.9 Å². The number of halogens is 1. The van der Waals surface area contributed by atoms with Gasteiger partial charge in [-0.3, -0.25) is 4.79 Å². The van der Waals surface area contributed by atoms with Crippen LogP contribution >= 0.6 is 11.6 Å². The Balaban J connectivity index is 1.44. The third kappa shape index (κ3) is 5.56. The lowest BCUT2D eigenvalue weighted by Gasteiger charge is -2.28. The van der Waals surface area contributed by atoms with Crippen LogP contribution in [0.1, 0.15) is 25.7 Å². The van der Waals surface area contributed by atoms with E-state index in [9.17, 15) is 21.6 Å². The zero-order valence-corrected chi connectivity index (χ0v) is 17.6. The average Bonchev–Trinajstić information content (AvgIpc) is 2.99. The van der Waals surface area contributed by atoms with Crippen molar-refractivity contribution in [2.45, 2.75) is 36.6 Å². The van der Waals surface area contributed by atoms with Crippen LogP contribution in [0.2, 0.25) is 5.02 Å². The fourth-order valence-electron chi connectivity index (χ4n) is 3.52. The number of carbonyl (C=O) groups excluding carboxylic acids is 1. The number of carbonyl (C=O) groups is 1. The first-order valence-electron chi connectivity index (χ1n) is 9.11. The first-order chi connectivity index (χ1) is 13.1. The number of benzene rings is 1. The highest BCUT2D eigenvalue weighted by Gasteiger charge is 2.30. The van der Waals surface area contributed by atoms with Crippen molar-refractivity contribution in [2.75, 3.05) is 12.3 Å². The highest BCUT2D eigenvalue weighted by Crippen LogP contribution is 2.29. The maximum Gasteiger partial charge on any atom is 0.240 e. The third-order valence-corrected chi connectivity index (χ3v) is 8.25. The average molecular weight is 447 g/mol. The molecule has 7 nitrogen and oxygen atoms in total. The summed E-state index contributed by atoms with van der Waals surface area (Å²) in [6.45, 7) is 0.322. The third-order valence-electron chi connectivity index (χ3n) is 5.16. The van der Waals surface area contributed by atoms with Gasteiger partial charge < -0.3 is 5.32 Å². The van der Waals surface area contributed by atoms with Crippen LogP contribution in [-0.4, -0.2) is 41.1 Å². The predicted molar refractivity (Wildman–Crippen MR) is 107 cm³/mol. The van der Waals surface area contributed by atoms with E-state index in [-0.39, 0.29) is 28.4 Å². The van der Waals surface area contributed by atoms with Gasteiger partial charge in [-0.05, 0) is 61.9 Å². The van der Waals surface area contributed by atoms with E-state index in [0.717, 1.165) is 18.2 Å². The number of hydrogen-bond acceptors (Lipinski definition) is 5. The van der Waals surface area contributed by atoms with Crippen molar-refractivity contribution in [2.24, 2.45) is 11.8 Å². The fraction of sp³-hybridized carbons (Fsp3) is 0.500. The van der Waals surface area contributed by atoms with Crippen molar-refractivity contribution in [1.29, 1.82) is 0 Å². The molecule has 2 aliphatic rings. The molecule has 1 saturated carbocycles. The Bertz CT molecular complexity index is 950. The SMILES string of the molecule is O=C(N[C@@H]1C=CS(=O)(=O)C1)C1CCC(CNS(=O)(=O)c2ccc(Cl)cc2)CC1. The number of sulfone groups is 1. The summed E-state index contributed by atoms with van der Waals surface area (Å²) in [5, 5.41) is 4.39. The summed E-state index contributed by atoms with van der Waals surface area (Å²) in [5.74, 6) is -0.216. The van der Waals surface area contributed by atoms with E-state index in [4.69, 9.17) is 11.6 Å². The predicted octanol–water partition coefficient (Wildman–Crippen LogP) is 1.85. The smallest absolute Gasteiger partial charge is 0.240 e. The molecule has 3 rings (SSSR count). The van der Waals surface area contributed by atoms with Gasteiger partial charge in [-0.15, -0.1) is 0 Å². The van der Waals surface area contributed by atoms with E-state index < -0.39 is 25.9 Å². The maximum absolute atomic E-state index is 12.3. The Kier molecular flexibility index (Phi) is 6.48. The first-order valence-corrected chi connectivity index (χ1v) is 12.7. The molecule has 2 N–H and O–H groups in total. The molecule has 1 fully saturated rings. The molecule has 1 amide bonds. The summed E-state index contributed by atoms with van der Waals surface area (Å²) in [5.41, 5.74) is 0. The summed E-state index contributed by atoms with van der Waals surface area (Å²) < 4.78 is 50.1. The Labute approximate surface area is 170 Å². The molecular weight excluding hydrogens is 424 g/mol. The lowest BCUT2D eigenvalue weighted by molar-refractivity contribution is -0.126. The molecule has 1 heterocycles. The molecule has 1 aromatic carbocycles. The number of sulfonamides is 1. The minimum atomic E-state index is -3.59. The number of hydrogen-bond donors (Lipinski definition) is 2. The van der Waals surface area contributed by atoms with Crippen LogP contribution in [-0.2, 0) is 24.7 Å². The normalized spacial score (nSPS) is 26.8. The molecule has 1 aromatic rings. The summed E-state index contributed by atoms with van der Waals surface area (Å²) in [7, 11) is -6.78. The molecule has 1 atom stereocenters. The first kappa shape index (κ1) is 21.3. The van der Waals surface area contributed by atoms with Gasteiger partial charge in [0.05, 0.1) is 16.7 Å². The molecule has 0 bridgehead atoms. The van der Waals surface area contributed by atoms with E-state index in [0.29, 0.717) is 24.4 Å². The van der Waals surface area contributed by atoms with Gasteiger partial charge >= 0.3 is 0 Å². The Hall–Kier alpha value is -1.42. The van der Waals surface area contributed by atoms with E-state index in [1.165, 1.54) is 30.3 Å². The molecule has 1 aliphatic heterocycles. The summed E-state index contributed by atoms with van der Waals surface area (Å²) >= 11 is 5.79. The summed E-state index contributed by atoms with van der Waals surface area (Å²) in [6.07, 6.45) is 4.29. The van der Waals surface area contributed by atoms with E-state index in [1.54, 1.807) is 0 Å². The van der Waals surface area contributed by atoms with Gasteiger partial charge in [-0.25, -0.2) is 21.6 Å². The quantitative estimate of drug-likeness (QED) is 0.693. The van der Waals surface area contributed by atoms with Crippen molar-refractivity contribution in [3.8, 4) is 0 Å². The highest BCUT2D eigenvalue weighted by atomic mass is 35.5. The molecule has 0 aromatic heterocycles. The van der Waals surface area contributed by atoms with Crippen molar-refractivity contribution < 1.29 is 21.6 Å². The molecule has 154 valence electrons. The zero-order chi connectivity index (χ0) is 20.4. The van der Waals surface area contributed by atoms with Gasteiger partial charge in [0.2, 0.25) is 15.9 Å². The van der Waals surface area contributed by atoms with Crippen LogP contribution in [0.25, 0.3) is 0 Å². The van der Waals surface area contributed by atoms with Crippen molar-refractivity contribution in [3.05, 3.63) is 40.8 Å². The molecular formula is C18H23ClN2O5S2. The van der Waals surface area contributed by atoms with E-state index in [2.05, 4.69) is 10.0 Å². The van der Waals surface area contributed by atoms with E-state index in [1.807, 2.05) is 0 Å². The Morgan fingerprint density at radius 2 is 1.75 bits per heavy atom. The molecule has 1 aliphatic carbocycles. The Morgan fingerprint density at radius 1 is 1.11 bits per heavy atom. The second kappa shape index (κ2) is 8.52. The van der Waals surface area contributed by atoms with Crippen LogP contribution in [0.4, 0.5) is 0 Å². The molecule has 0 spiro atoms. The van der Waals surface area contributed by atoms with Gasteiger partial charge in [0.25, 0.3) is 0 Å². The topological polar surface area (TPSA) is 109 Å². The van der Waals surface area contributed by atoms with Crippen molar-refractivity contribution in [1.82, 2.24) is 10.0 Å². The van der Waals surface area contributed by atoms with Crippen LogP contribution in [0.15, 0.2) is 40.6 Å². The molecule has 28 heavy (non-hydrogen) atoms. The monoisotopic (exact) mass is 446 g/mol. The second-order valence-electron chi connectivity index (χ2n) is 7.30. The fourth-order valence-corrected chi connectivity index (χ4v) is 6.00. The highest BCUT2D eigenvalue weighted by molar-refractivity contribution is 7.94. The van der Waals surface area contributed by atoms with Crippen LogP contribution in [0, 0.1) is 11.8 Å². The maximum atomic E-state index is 12.3. The van der Waals surface area contributed by atoms with E-state index >= 15 is 0 Å². The molecule has 0 radical (unpaired) electrons. The van der Waals surface area contributed by atoms with Crippen LogP contribution in [0.3, 0.4) is 0 Å². The number of rotatable bonds is 6. The summed E-state index contributed by atoms with van der Waals surface area (Å²) in [6, 6.07) is 5.53. The Morgan fingerprint density at radius 3 is 2.32 bits per heavy atom. The molecule has 10 heteroatoms. The largest absolute Gasteiger partial charge is 0.349 e. The van der Waals surface area contributed by atoms with Crippen LogP contribution in [0.5, 0.6) is 0 Å². The van der Waals surface area contributed by atoms with Gasteiger partial charge in [0.15, 0.2) is 9.84 Å². The molecule has 0 saturated heterocycles. The second-order valence-corrected chi connectivity index (χ2v) is 11.4. The zero-order valence-electron chi connectivity index (χ0n) is 15.2. The summed E-state index contributed by atoms with van der Waals surface area (Å²) in [4.78, 5) is 12.5. The standard InChI is InChI=1S/C18H23ClN2O5S2/c19-15-5-7-17(8-6-15)28(25,26)20-11-13-1-3-14(4-2-13)18(22)21-16-9-10-27(23,24)12-16/h5-10,13-14,16,20H,1-4,11-12H2,(H,21,22)/t13?,14?,16-/m1/s1. The lowest BCUT2D eigenvalue weighted by atomic mass is 9.81. The minimum absolute atomic E-state index is 0.0828. The van der Waals surface area contributed by atoms with Crippen molar-refractivity contribution >= 4 is 37.4 Å². The number of amides is 1. The van der Waals surface area contributed by atoms with Gasteiger partial charge in [-0.2, -0.15) is 0 Å².